The minimum absolute atomic E-state index is 0.223. The van der Waals surface area contributed by atoms with E-state index in [1.165, 1.54) is 0 Å². The van der Waals surface area contributed by atoms with Crippen molar-refractivity contribution in [2.24, 2.45) is 11.7 Å². The van der Waals surface area contributed by atoms with Crippen LogP contribution in [-0.4, -0.2) is 10.1 Å². The van der Waals surface area contributed by atoms with Crippen LogP contribution in [-0.2, 0) is 0 Å². The third kappa shape index (κ3) is 2.56. The van der Waals surface area contributed by atoms with Crippen molar-refractivity contribution < 1.29 is 4.52 Å². The van der Waals surface area contributed by atoms with Crippen LogP contribution < -0.4 is 5.73 Å². The van der Waals surface area contributed by atoms with Gasteiger partial charge in [0.2, 0.25) is 11.7 Å². The third-order valence-electron chi connectivity index (χ3n) is 2.56. The molecule has 0 radical (unpaired) electrons. The molecule has 1 heterocycles. The van der Waals surface area contributed by atoms with E-state index in [1.54, 1.807) is 0 Å². The molecule has 4 nitrogen and oxygen atoms in total. The van der Waals surface area contributed by atoms with Crippen LogP contribution in [0.1, 0.15) is 25.8 Å². The lowest BCUT2D eigenvalue weighted by Gasteiger charge is -2.09. The van der Waals surface area contributed by atoms with Gasteiger partial charge >= 0.3 is 0 Å². The standard InChI is InChI=1S/C12H14BrN3O/c1-7(2)10(14)12-15-11(16-17-12)8-5-3-4-6-9(8)13/h3-7,10H,14H2,1-2H3/t10-/m1/s1. The average molecular weight is 296 g/mol. The van der Waals surface area contributed by atoms with E-state index in [1.807, 2.05) is 38.1 Å². The summed E-state index contributed by atoms with van der Waals surface area (Å²) in [5.74, 6) is 1.30. The highest BCUT2D eigenvalue weighted by Crippen LogP contribution is 2.27. The number of hydrogen-bond acceptors (Lipinski definition) is 4. The van der Waals surface area contributed by atoms with Crippen LogP contribution in [0.2, 0.25) is 0 Å². The SMILES string of the molecule is CC(C)[C@@H](N)c1nc(-c2ccccc2Br)no1. The number of hydrogen-bond donors (Lipinski definition) is 1. The summed E-state index contributed by atoms with van der Waals surface area (Å²) in [6.07, 6.45) is 0. The summed E-state index contributed by atoms with van der Waals surface area (Å²) >= 11 is 3.46. The highest BCUT2D eigenvalue weighted by Gasteiger charge is 2.19. The smallest absolute Gasteiger partial charge is 0.244 e. The summed E-state index contributed by atoms with van der Waals surface area (Å²) < 4.78 is 6.13. The Labute approximate surface area is 108 Å². The lowest BCUT2D eigenvalue weighted by molar-refractivity contribution is 0.325. The van der Waals surface area contributed by atoms with Crippen molar-refractivity contribution >= 4 is 15.9 Å². The fraction of sp³-hybridized carbons (Fsp3) is 0.333. The Bertz CT molecular complexity index is 510. The van der Waals surface area contributed by atoms with Gasteiger partial charge < -0.3 is 10.3 Å². The minimum atomic E-state index is -0.223. The Kier molecular flexibility index (Phi) is 3.59. The Hall–Kier alpha value is -1.20. The van der Waals surface area contributed by atoms with Gasteiger partial charge in [-0.2, -0.15) is 4.98 Å². The summed E-state index contributed by atoms with van der Waals surface area (Å²) in [6, 6.07) is 7.51. The largest absolute Gasteiger partial charge is 0.337 e. The number of rotatable bonds is 3. The number of aromatic nitrogens is 2. The zero-order valence-corrected chi connectivity index (χ0v) is 11.3. The van der Waals surface area contributed by atoms with E-state index in [4.69, 9.17) is 10.3 Å². The molecule has 5 heteroatoms. The molecule has 0 unspecified atom stereocenters. The van der Waals surface area contributed by atoms with E-state index >= 15 is 0 Å². The minimum Gasteiger partial charge on any atom is -0.337 e. The van der Waals surface area contributed by atoms with Gasteiger partial charge in [0.15, 0.2) is 0 Å². The van der Waals surface area contributed by atoms with Crippen LogP contribution in [0.25, 0.3) is 11.4 Å². The van der Waals surface area contributed by atoms with Gasteiger partial charge in [-0.25, -0.2) is 0 Å². The van der Waals surface area contributed by atoms with Crippen LogP contribution in [0.5, 0.6) is 0 Å². The van der Waals surface area contributed by atoms with Gasteiger partial charge in [-0.05, 0) is 18.1 Å². The van der Waals surface area contributed by atoms with Crippen LogP contribution in [0.15, 0.2) is 33.3 Å². The molecule has 0 aliphatic carbocycles. The van der Waals surface area contributed by atoms with Crippen molar-refractivity contribution in [2.75, 3.05) is 0 Å². The van der Waals surface area contributed by atoms with E-state index in [2.05, 4.69) is 26.1 Å². The molecule has 2 N–H and O–H groups in total. The second kappa shape index (κ2) is 4.98. The predicted molar refractivity (Wildman–Crippen MR) is 69.2 cm³/mol. The number of benzene rings is 1. The second-order valence-electron chi connectivity index (χ2n) is 4.21. The van der Waals surface area contributed by atoms with E-state index in [0.717, 1.165) is 10.0 Å². The fourth-order valence-electron chi connectivity index (χ4n) is 1.41. The van der Waals surface area contributed by atoms with Crippen molar-refractivity contribution in [3.63, 3.8) is 0 Å². The van der Waals surface area contributed by atoms with Crippen LogP contribution in [0.3, 0.4) is 0 Å². The lowest BCUT2D eigenvalue weighted by atomic mass is 10.1. The summed E-state index contributed by atoms with van der Waals surface area (Å²) in [6.45, 7) is 4.04. The van der Waals surface area contributed by atoms with Crippen molar-refractivity contribution in [2.45, 2.75) is 19.9 Å². The maximum absolute atomic E-state index is 5.96. The summed E-state index contributed by atoms with van der Waals surface area (Å²) in [5, 5.41) is 3.95. The number of halogens is 1. The Balaban J connectivity index is 2.34. The van der Waals surface area contributed by atoms with E-state index in [9.17, 15) is 0 Å². The summed E-state index contributed by atoms with van der Waals surface area (Å²) in [7, 11) is 0. The van der Waals surface area contributed by atoms with Gasteiger partial charge in [0.1, 0.15) is 0 Å². The molecule has 1 aromatic heterocycles. The van der Waals surface area contributed by atoms with Gasteiger partial charge in [-0.3, -0.25) is 0 Å². The van der Waals surface area contributed by atoms with E-state index < -0.39 is 0 Å². The molecule has 1 aromatic carbocycles. The Morgan fingerprint density at radius 1 is 1.29 bits per heavy atom. The quantitative estimate of drug-likeness (QED) is 0.945. The first-order chi connectivity index (χ1) is 8.09. The predicted octanol–water partition coefficient (Wildman–Crippen LogP) is 3.15. The molecule has 2 rings (SSSR count). The molecule has 0 aliphatic heterocycles. The third-order valence-corrected chi connectivity index (χ3v) is 3.25. The molecule has 17 heavy (non-hydrogen) atoms. The Morgan fingerprint density at radius 2 is 2.00 bits per heavy atom. The zero-order chi connectivity index (χ0) is 12.4. The van der Waals surface area contributed by atoms with Gasteiger partial charge in [0, 0.05) is 10.0 Å². The normalized spacial score (nSPS) is 13.0. The molecule has 0 bridgehead atoms. The molecule has 0 spiro atoms. The molecule has 0 saturated carbocycles. The zero-order valence-electron chi connectivity index (χ0n) is 9.72. The number of nitrogens with two attached hydrogens (primary N) is 1. The Morgan fingerprint density at radius 3 is 2.65 bits per heavy atom. The highest BCUT2D eigenvalue weighted by molar-refractivity contribution is 9.10. The topological polar surface area (TPSA) is 64.9 Å². The van der Waals surface area contributed by atoms with E-state index in [-0.39, 0.29) is 12.0 Å². The molecule has 1 atom stereocenters. The van der Waals surface area contributed by atoms with Crippen LogP contribution in [0, 0.1) is 5.92 Å². The van der Waals surface area contributed by atoms with Gasteiger partial charge in [-0.15, -0.1) is 0 Å². The average Bonchev–Trinajstić information content (AvgIpc) is 2.77. The molecular weight excluding hydrogens is 282 g/mol. The van der Waals surface area contributed by atoms with Crippen molar-refractivity contribution in [3.05, 3.63) is 34.6 Å². The van der Waals surface area contributed by atoms with Crippen LogP contribution in [0.4, 0.5) is 0 Å². The first-order valence-electron chi connectivity index (χ1n) is 5.43. The molecule has 90 valence electrons. The van der Waals surface area contributed by atoms with Crippen molar-refractivity contribution in [1.29, 1.82) is 0 Å². The van der Waals surface area contributed by atoms with Gasteiger partial charge in [-0.1, -0.05) is 47.1 Å². The van der Waals surface area contributed by atoms with Crippen molar-refractivity contribution in [1.82, 2.24) is 10.1 Å². The van der Waals surface area contributed by atoms with Gasteiger partial charge in [0.25, 0.3) is 0 Å². The molecule has 0 amide bonds. The fourth-order valence-corrected chi connectivity index (χ4v) is 1.87. The molecule has 0 fully saturated rings. The maximum atomic E-state index is 5.96. The maximum Gasteiger partial charge on any atom is 0.244 e. The second-order valence-corrected chi connectivity index (χ2v) is 5.06. The molecule has 2 aromatic rings. The first-order valence-corrected chi connectivity index (χ1v) is 6.23. The number of nitrogens with zero attached hydrogens (tertiary/aromatic N) is 2. The van der Waals surface area contributed by atoms with E-state index in [0.29, 0.717) is 11.7 Å². The van der Waals surface area contributed by atoms with Crippen LogP contribution >= 0.6 is 15.9 Å². The monoisotopic (exact) mass is 295 g/mol. The summed E-state index contributed by atoms with van der Waals surface area (Å²) in [5.41, 5.74) is 6.86. The summed E-state index contributed by atoms with van der Waals surface area (Å²) in [4.78, 5) is 4.33. The first kappa shape index (κ1) is 12.3. The molecular formula is C12H14BrN3O. The molecule has 0 saturated heterocycles. The van der Waals surface area contributed by atoms with Gasteiger partial charge in [0.05, 0.1) is 6.04 Å². The lowest BCUT2D eigenvalue weighted by Crippen LogP contribution is -2.16. The highest BCUT2D eigenvalue weighted by atomic mass is 79.9. The molecule has 0 aliphatic rings. The van der Waals surface area contributed by atoms with Crippen molar-refractivity contribution in [3.8, 4) is 11.4 Å².